The van der Waals surface area contributed by atoms with Crippen LogP contribution in [0.15, 0.2) is 30.3 Å². The molecule has 5 heteroatoms. The van der Waals surface area contributed by atoms with E-state index < -0.39 is 0 Å². The molecule has 0 heterocycles. The lowest BCUT2D eigenvalue weighted by molar-refractivity contribution is -0.133. The van der Waals surface area contributed by atoms with Crippen molar-refractivity contribution in [3.8, 4) is 0 Å². The third kappa shape index (κ3) is 7.80. The van der Waals surface area contributed by atoms with Crippen molar-refractivity contribution in [2.45, 2.75) is 25.9 Å². The highest BCUT2D eigenvalue weighted by atomic mass is 16.5. The molecule has 0 aromatic heterocycles. The van der Waals surface area contributed by atoms with E-state index in [9.17, 15) is 4.79 Å². The van der Waals surface area contributed by atoms with Gasteiger partial charge in [-0.2, -0.15) is 0 Å². The van der Waals surface area contributed by atoms with Crippen molar-refractivity contribution in [2.24, 2.45) is 5.73 Å². The molecule has 1 aromatic rings. The molecule has 0 saturated heterocycles. The van der Waals surface area contributed by atoms with Gasteiger partial charge >= 0.3 is 0 Å². The topological polar surface area (TPSA) is 64.8 Å². The average molecular weight is 294 g/mol. The molecule has 1 rings (SSSR count). The smallest absolute Gasteiger partial charge is 0.224 e. The van der Waals surface area contributed by atoms with Crippen LogP contribution in [0.3, 0.4) is 0 Å². The van der Waals surface area contributed by atoms with E-state index in [0.717, 1.165) is 5.56 Å². The number of carbonyl (C=O) groups excluding carboxylic acids is 1. The van der Waals surface area contributed by atoms with Crippen molar-refractivity contribution >= 4 is 5.91 Å². The second-order valence-electron chi connectivity index (χ2n) is 5.09. The van der Waals surface area contributed by atoms with Crippen LogP contribution in [0.2, 0.25) is 0 Å². The normalized spacial score (nSPS) is 12.1. The number of ether oxygens (including phenoxy) is 2. The molecule has 0 spiro atoms. The molecule has 0 aliphatic carbocycles. The molecular weight excluding hydrogens is 268 g/mol. The van der Waals surface area contributed by atoms with Crippen molar-refractivity contribution in [1.29, 1.82) is 0 Å². The van der Waals surface area contributed by atoms with E-state index in [1.165, 1.54) is 0 Å². The summed E-state index contributed by atoms with van der Waals surface area (Å²) in [5.41, 5.74) is 6.83. The second-order valence-corrected chi connectivity index (χ2v) is 5.09. The zero-order chi connectivity index (χ0) is 15.5. The van der Waals surface area contributed by atoms with Gasteiger partial charge < -0.3 is 20.1 Å². The zero-order valence-electron chi connectivity index (χ0n) is 13.0. The zero-order valence-corrected chi connectivity index (χ0v) is 13.0. The number of benzene rings is 1. The summed E-state index contributed by atoms with van der Waals surface area (Å²) in [6, 6.07) is 9.80. The van der Waals surface area contributed by atoms with Gasteiger partial charge in [0.25, 0.3) is 0 Å². The number of hydrogen-bond acceptors (Lipinski definition) is 4. The Labute approximate surface area is 127 Å². The van der Waals surface area contributed by atoms with E-state index in [0.29, 0.717) is 39.3 Å². The summed E-state index contributed by atoms with van der Waals surface area (Å²) in [4.78, 5) is 14.0. The molecule has 118 valence electrons. The minimum absolute atomic E-state index is 0.0594. The lowest BCUT2D eigenvalue weighted by Crippen LogP contribution is -2.36. The molecule has 0 aliphatic rings. The Hall–Kier alpha value is -1.43. The maximum atomic E-state index is 12.2. The van der Waals surface area contributed by atoms with Crippen molar-refractivity contribution in [1.82, 2.24) is 4.90 Å². The van der Waals surface area contributed by atoms with Gasteiger partial charge in [-0.15, -0.1) is 0 Å². The van der Waals surface area contributed by atoms with E-state index in [1.807, 2.05) is 37.3 Å². The highest BCUT2D eigenvalue weighted by molar-refractivity contribution is 5.76. The van der Waals surface area contributed by atoms with Gasteiger partial charge in [-0.3, -0.25) is 4.79 Å². The van der Waals surface area contributed by atoms with Crippen molar-refractivity contribution < 1.29 is 14.3 Å². The van der Waals surface area contributed by atoms with Crippen molar-refractivity contribution in [2.75, 3.05) is 33.5 Å². The summed E-state index contributed by atoms with van der Waals surface area (Å²) in [6.07, 6.45) is 0.352. The van der Waals surface area contributed by atoms with Crippen LogP contribution in [-0.2, 0) is 20.8 Å². The Morgan fingerprint density at radius 2 is 1.95 bits per heavy atom. The molecule has 0 bridgehead atoms. The van der Waals surface area contributed by atoms with Gasteiger partial charge in [-0.25, -0.2) is 0 Å². The fourth-order valence-corrected chi connectivity index (χ4v) is 1.92. The van der Waals surface area contributed by atoms with Crippen LogP contribution in [0.1, 0.15) is 18.9 Å². The van der Waals surface area contributed by atoms with E-state index in [2.05, 4.69) is 0 Å². The summed E-state index contributed by atoms with van der Waals surface area (Å²) >= 11 is 0. The predicted octanol–water partition coefficient (Wildman–Crippen LogP) is 1.42. The minimum Gasteiger partial charge on any atom is -0.382 e. The quantitative estimate of drug-likeness (QED) is 0.663. The van der Waals surface area contributed by atoms with Crippen LogP contribution in [0.4, 0.5) is 0 Å². The van der Waals surface area contributed by atoms with Gasteiger partial charge in [0.1, 0.15) is 0 Å². The molecule has 1 unspecified atom stereocenters. The standard InChI is InChI=1S/C16H26N2O3/c1-14(17)12-16(19)18(8-9-21-11-10-20-2)13-15-6-4-3-5-7-15/h3-7,14H,8-13,17H2,1-2H3. The number of rotatable bonds is 10. The molecule has 0 radical (unpaired) electrons. The molecule has 0 saturated carbocycles. The maximum absolute atomic E-state index is 12.2. The van der Waals surface area contributed by atoms with E-state index in [4.69, 9.17) is 15.2 Å². The molecule has 1 amide bonds. The first-order valence-corrected chi connectivity index (χ1v) is 7.27. The van der Waals surface area contributed by atoms with E-state index in [1.54, 1.807) is 12.0 Å². The third-order valence-electron chi connectivity index (χ3n) is 3.00. The van der Waals surface area contributed by atoms with Gasteiger partial charge in [0.15, 0.2) is 0 Å². The Balaban J connectivity index is 2.51. The average Bonchev–Trinajstić information content (AvgIpc) is 2.46. The van der Waals surface area contributed by atoms with Gasteiger partial charge in [0.05, 0.1) is 19.8 Å². The first-order chi connectivity index (χ1) is 10.1. The maximum Gasteiger partial charge on any atom is 0.224 e. The predicted molar refractivity (Wildman–Crippen MR) is 82.8 cm³/mol. The molecule has 0 aliphatic heterocycles. The summed E-state index contributed by atoms with van der Waals surface area (Å²) in [7, 11) is 1.64. The van der Waals surface area contributed by atoms with Gasteiger partial charge in [0, 0.05) is 32.7 Å². The van der Waals surface area contributed by atoms with Crippen LogP contribution >= 0.6 is 0 Å². The number of amides is 1. The summed E-state index contributed by atoms with van der Waals surface area (Å²) < 4.78 is 10.4. The first-order valence-electron chi connectivity index (χ1n) is 7.27. The summed E-state index contributed by atoms with van der Waals surface area (Å²) in [5, 5.41) is 0. The number of methoxy groups -OCH3 is 1. The van der Waals surface area contributed by atoms with Crippen LogP contribution in [0, 0.1) is 0 Å². The highest BCUT2D eigenvalue weighted by Gasteiger charge is 2.15. The van der Waals surface area contributed by atoms with Crippen molar-refractivity contribution in [3.63, 3.8) is 0 Å². The molecule has 1 atom stereocenters. The molecule has 2 N–H and O–H groups in total. The minimum atomic E-state index is -0.134. The van der Waals surface area contributed by atoms with Gasteiger partial charge in [-0.05, 0) is 12.5 Å². The molecular formula is C16H26N2O3. The van der Waals surface area contributed by atoms with Crippen molar-refractivity contribution in [3.05, 3.63) is 35.9 Å². The Kier molecular flexibility index (Phi) is 8.66. The lowest BCUT2D eigenvalue weighted by atomic mass is 10.2. The van der Waals surface area contributed by atoms with Crippen LogP contribution in [-0.4, -0.2) is 50.3 Å². The summed E-state index contributed by atoms with van der Waals surface area (Å²) in [5.74, 6) is 0.0594. The Bertz CT molecular complexity index is 396. The number of hydrogen-bond donors (Lipinski definition) is 1. The van der Waals surface area contributed by atoms with E-state index >= 15 is 0 Å². The van der Waals surface area contributed by atoms with Gasteiger partial charge in [0.2, 0.25) is 5.91 Å². The third-order valence-corrected chi connectivity index (χ3v) is 3.00. The van der Waals surface area contributed by atoms with Crippen LogP contribution in [0.25, 0.3) is 0 Å². The van der Waals surface area contributed by atoms with Crippen LogP contribution < -0.4 is 5.73 Å². The number of nitrogens with two attached hydrogens (primary N) is 1. The fourth-order valence-electron chi connectivity index (χ4n) is 1.92. The Morgan fingerprint density at radius 3 is 2.57 bits per heavy atom. The largest absolute Gasteiger partial charge is 0.382 e. The molecule has 5 nitrogen and oxygen atoms in total. The SMILES string of the molecule is COCCOCCN(Cc1ccccc1)C(=O)CC(C)N. The second kappa shape index (κ2) is 10.3. The monoisotopic (exact) mass is 294 g/mol. The fraction of sp³-hybridized carbons (Fsp3) is 0.562. The van der Waals surface area contributed by atoms with E-state index in [-0.39, 0.29) is 11.9 Å². The molecule has 0 fully saturated rings. The number of carbonyl (C=O) groups is 1. The van der Waals surface area contributed by atoms with Gasteiger partial charge in [-0.1, -0.05) is 30.3 Å². The molecule has 21 heavy (non-hydrogen) atoms. The lowest BCUT2D eigenvalue weighted by Gasteiger charge is -2.23. The Morgan fingerprint density at radius 1 is 1.24 bits per heavy atom. The van der Waals surface area contributed by atoms with Crippen LogP contribution in [0.5, 0.6) is 0 Å². The molecule has 1 aromatic carbocycles. The first kappa shape index (κ1) is 17.6. The number of nitrogens with zero attached hydrogens (tertiary/aromatic N) is 1. The summed E-state index contributed by atoms with van der Waals surface area (Å²) in [6.45, 7) is 4.59. The highest BCUT2D eigenvalue weighted by Crippen LogP contribution is 2.07.